The van der Waals surface area contributed by atoms with E-state index in [0.29, 0.717) is 0 Å². The maximum absolute atomic E-state index is 2.55. The minimum absolute atomic E-state index is 0.779. The van der Waals surface area contributed by atoms with Gasteiger partial charge in [-0.1, -0.05) is 12.5 Å². The lowest BCUT2D eigenvalue weighted by Gasteiger charge is -2.23. The van der Waals surface area contributed by atoms with Crippen LogP contribution in [0.4, 0.5) is 0 Å². The van der Waals surface area contributed by atoms with E-state index in [0.717, 1.165) is 17.8 Å². The molecule has 0 aliphatic heterocycles. The summed E-state index contributed by atoms with van der Waals surface area (Å²) in [5.41, 5.74) is 5.72. The second kappa shape index (κ2) is 5.85. The first-order valence-corrected chi connectivity index (χ1v) is 12.1. The van der Waals surface area contributed by atoms with Gasteiger partial charge in [0.05, 0.1) is 10.9 Å². The normalized spacial score (nSPS) is 23.6. The fourth-order valence-corrected chi connectivity index (χ4v) is 8.05. The Bertz CT molecular complexity index is 1500. The van der Waals surface area contributed by atoms with Crippen molar-refractivity contribution in [3.05, 3.63) is 53.9 Å². The molecule has 0 saturated heterocycles. The average Bonchev–Trinajstić information content (AvgIpc) is 3.46. The van der Waals surface area contributed by atoms with Crippen LogP contribution in [0.2, 0.25) is 0 Å². The van der Waals surface area contributed by atoms with Crippen LogP contribution in [0, 0.1) is 18.8 Å². The van der Waals surface area contributed by atoms with Crippen LogP contribution in [-0.4, -0.2) is 4.57 Å². The Morgan fingerprint density at radius 3 is 2.70 bits per heavy atom. The van der Waals surface area contributed by atoms with Crippen molar-refractivity contribution in [2.75, 3.05) is 0 Å². The molecule has 2 aliphatic carbocycles. The predicted molar refractivity (Wildman–Crippen MR) is 127 cm³/mol. The summed E-state index contributed by atoms with van der Waals surface area (Å²) in [7, 11) is 4.36. The van der Waals surface area contributed by atoms with Crippen LogP contribution >= 0.6 is 11.3 Å². The second-order valence-corrected chi connectivity index (χ2v) is 11.0. The van der Waals surface area contributed by atoms with Crippen molar-refractivity contribution < 1.29 is 4.57 Å². The number of aromatic nitrogens is 2. The Hall–Kier alpha value is -2.39. The van der Waals surface area contributed by atoms with Crippen LogP contribution in [0.3, 0.4) is 0 Å². The molecule has 2 aromatic carbocycles. The van der Waals surface area contributed by atoms with Crippen molar-refractivity contribution in [1.29, 1.82) is 0 Å². The third kappa shape index (κ3) is 2.17. The molecule has 0 spiro atoms. The molecule has 2 bridgehead atoms. The number of nitrogens with zero attached hydrogens (tertiary/aromatic N) is 2. The van der Waals surface area contributed by atoms with Crippen LogP contribution < -0.4 is 4.57 Å². The molecule has 2 fully saturated rings. The maximum Gasteiger partial charge on any atom is 0.214 e. The highest BCUT2D eigenvalue weighted by Gasteiger charge is 2.40. The summed E-state index contributed by atoms with van der Waals surface area (Å²) in [6.45, 7) is 2.30. The monoisotopic (exact) mass is 411 g/mol. The van der Waals surface area contributed by atoms with Gasteiger partial charge in [-0.05, 0) is 72.6 Å². The largest absolute Gasteiger partial charge is 0.350 e. The Morgan fingerprint density at radius 2 is 1.90 bits per heavy atom. The summed E-state index contributed by atoms with van der Waals surface area (Å²) in [6.07, 6.45) is 10.2. The molecule has 5 aromatic rings. The lowest BCUT2D eigenvalue weighted by atomic mass is 9.83. The molecule has 3 heteroatoms. The first-order chi connectivity index (χ1) is 14.6. The number of hydrogen-bond acceptors (Lipinski definition) is 1. The summed E-state index contributed by atoms with van der Waals surface area (Å²) < 4.78 is 7.45. The van der Waals surface area contributed by atoms with Crippen molar-refractivity contribution in [1.82, 2.24) is 4.57 Å². The number of rotatable bonds is 1. The van der Waals surface area contributed by atoms with Crippen molar-refractivity contribution in [3.63, 3.8) is 0 Å². The van der Waals surface area contributed by atoms with E-state index < -0.39 is 0 Å². The molecular weight excluding hydrogens is 384 g/mol. The van der Waals surface area contributed by atoms with E-state index in [1.807, 2.05) is 11.3 Å². The van der Waals surface area contributed by atoms with Gasteiger partial charge in [-0.3, -0.25) is 0 Å². The molecule has 30 heavy (non-hydrogen) atoms. The second-order valence-electron chi connectivity index (χ2n) is 9.88. The molecule has 3 atom stereocenters. The topological polar surface area (TPSA) is 8.81 Å². The van der Waals surface area contributed by atoms with E-state index in [4.69, 9.17) is 0 Å². The average molecular weight is 412 g/mol. The van der Waals surface area contributed by atoms with E-state index in [1.165, 1.54) is 73.2 Å². The van der Waals surface area contributed by atoms with E-state index in [9.17, 15) is 0 Å². The Morgan fingerprint density at radius 1 is 1.03 bits per heavy atom. The third-order valence-corrected chi connectivity index (χ3v) is 9.34. The maximum atomic E-state index is 2.55. The molecule has 3 aromatic heterocycles. The highest BCUT2D eigenvalue weighted by molar-refractivity contribution is 7.25. The predicted octanol–water partition coefficient (Wildman–Crippen LogP) is 6.74. The summed E-state index contributed by atoms with van der Waals surface area (Å²) >= 11 is 1.99. The highest BCUT2D eigenvalue weighted by atomic mass is 32.1. The van der Waals surface area contributed by atoms with Crippen molar-refractivity contribution in [2.45, 2.75) is 38.5 Å². The smallest absolute Gasteiger partial charge is 0.214 e. The standard InChI is InChI=1S/C27H27N2S/c1-15-20-7-9-28(2)22(20)14-24-25(15)27-26-18(6-8-29(27)3)12-19(13-23(26)30-24)21-11-16-4-5-17(21)10-16/h6-9,12-14,16-17,21H,4-5,10-11H2,1-3H3/q+1. The van der Waals surface area contributed by atoms with Crippen molar-refractivity contribution in [2.24, 2.45) is 25.9 Å². The SMILES string of the molecule is Cc1c2cc[n+](C)c2cc2sc3cc(C4CC5CCC4C5)cc4ccn(C)c(c12)c43. The molecule has 0 N–H and O–H groups in total. The van der Waals surface area contributed by atoms with Gasteiger partial charge in [-0.15, -0.1) is 11.3 Å². The molecule has 0 amide bonds. The fraction of sp³-hybridized carbons (Fsp3) is 0.370. The molecule has 2 nitrogen and oxygen atoms in total. The van der Waals surface area contributed by atoms with Gasteiger partial charge < -0.3 is 4.57 Å². The lowest BCUT2D eigenvalue weighted by Crippen LogP contribution is -2.24. The number of hydrogen-bond donors (Lipinski definition) is 0. The van der Waals surface area contributed by atoms with Crippen LogP contribution in [0.15, 0.2) is 42.7 Å². The van der Waals surface area contributed by atoms with Gasteiger partial charge in [0.2, 0.25) is 5.52 Å². The van der Waals surface area contributed by atoms with Gasteiger partial charge in [0, 0.05) is 45.5 Å². The zero-order valence-electron chi connectivity index (χ0n) is 17.9. The van der Waals surface area contributed by atoms with Gasteiger partial charge in [-0.2, -0.15) is 0 Å². The van der Waals surface area contributed by atoms with Crippen LogP contribution in [0.25, 0.3) is 42.0 Å². The number of fused-ring (bicyclic) bond motifs is 5. The first-order valence-electron chi connectivity index (χ1n) is 11.3. The molecule has 7 rings (SSSR count). The van der Waals surface area contributed by atoms with E-state index in [2.05, 4.69) is 72.9 Å². The molecule has 2 aliphatic rings. The summed E-state index contributed by atoms with van der Waals surface area (Å²) in [5.74, 6) is 2.68. The molecule has 0 radical (unpaired) electrons. The number of aryl methyl sites for hydroxylation is 3. The van der Waals surface area contributed by atoms with Crippen LogP contribution in [-0.2, 0) is 14.1 Å². The van der Waals surface area contributed by atoms with Gasteiger partial charge >= 0.3 is 0 Å². The fourth-order valence-electron chi connectivity index (χ4n) is 6.78. The Kier molecular flexibility index (Phi) is 3.38. The minimum Gasteiger partial charge on any atom is -0.350 e. The first kappa shape index (κ1) is 17.3. The summed E-state index contributed by atoms with van der Waals surface area (Å²) in [4.78, 5) is 0. The summed E-state index contributed by atoms with van der Waals surface area (Å²) in [5, 5.41) is 5.66. The van der Waals surface area contributed by atoms with Crippen LogP contribution in [0.5, 0.6) is 0 Å². The summed E-state index contributed by atoms with van der Waals surface area (Å²) in [6, 6.07) is 12.1. The number of benzene rings is 2. The molecule has 150 valence electrons. The highest BCUT2D eigenvalue weighted by Crippen LogP contribution is 2.54. The molecular formula is C27H27N2S+. The van der Waals surface area contributed by atoms with Gasteiger partial charge in [-0.25, -0.2) is 4.57 Å². The minimum atomic E-state index is 0.779. The van der Waals surface area contributed by atoms with E-state index >= 15 is 0 Å². The van der Waals surface area contributed by atoms with Gasteiger partial charge in [0.25, 0.3) is 0 Å². The zero-order valence-corrected chi connectivity index (χ0v) is 18.7. The Labute approximate surface area is 180 Å². The van der Waals surface area contributed by atoms with Crippen molar-refractivity contribution >= 4 is 53.3 Å². The lowest BCUT2D eigenvalue weighted by molar-refractivity contribution is -0.642. The number of pyridine rings is 1. The Balaban J connectivity index is 1.61. The van der Waals surface area contributed by atoms with Crippen molar-refractivity contribution in [3.8, 4) is 0 Å². The van der Waals surface area contributed by atoms with Gasteiger partial charge in [0.1, 0.15) is 7.05 Å². The van der Waals surface area contributed by atoms with Crippen LogP contribution in [0.1, 0.15) is 42.7 Å². The van der Waals surface area contributed by atoms with E-state index in [-0.39, 0.29) is 0 Å². The molecule has 3 heterocycles. The zero-order chi connectivity index (χ0) is 20.1. The molecule has 3 unspecified atom stereocenters. The quantitative estimate of drug-likeness (QED) is 0.164. The van der Waals surface area contributed by atoms with E-state index in [1.54, 1.807) is 5.56 Å². The third-order valence-electron chi connectivity index (χ3n) is 8.26. The van der Waals surface area contributed by atoms with Gasteiger partial charge in [0.15, 0.2) is 6.20 Å². The molecule has 2 saturated carbocycles.